The molecule has 6 atom stereocenters. The summed E-state index contributed by atoms with van der Waals surface area (Å²) in [5.74, 6) is -0.338. The van der Waals surface area contributed by atoms with Crippen LogP contribution < -0.4 is 0 Å². The SMILES string of the molecule is C=C[C@]1(C)C=C2[C@@H](O)C[C@H]3[C@](C)(CCC[C@@]3(C)C(=O)O)[C@H]2CC1. The average molecular weight is 318 g/mol. The van der Waals surface area contributed by atoms with Gasteiger partial charge in [-0.1, -0.05) is 32.4 Å². The van der Waals surface area contributed by atoms with Crippen LogP contribution in [0.3, 0.4) is 0 Å². The van der Waals surface area contributed by atoms with E-state index in [9.17, 15) is 15.0 Å². The predicted molar refractivity (Wildman–Crippen MR) is 90.9 cm³/mol. The predicted octanol–water partition coefficient (Wildman–Crippen LogP) is 4.18. The summed E-state index contributed by atoms with van der Waals surface area (Å²) in [6.07, 6.45) is 9.10. The van der Waals surface area contributed by atoms with Crippen LogP contribution >= 0.6 is 0 Å². The van der Waals surface area contributed by atoms with Gasteiger partial charge in [-0.2, -0.15) is 0 Å². The molecule has 0 aliphatic heterocycles. The Hall–Kier alpha value is -1.09. The van der Waals surface area contributed by atoms with Crippen LogP contribution in [0.1, 0.15) is 59.3 Å². The first-order valence-corrected chi connectivity index (χ1v) is 8.94. The lowest BCUT2D eigenvalue weighted by Gasteiger charge is -2.60. The fourth-order valence-corrected chi connectivity index (χ4v) is 5.85. The maximum absolute atomic E-state index is 12.0. The molecule has 3 aliphatic rings. The molecule has 3 rings (SSSR count). The molecule has 0 unspecified atom stereocenters. The smallest absolute Gasteiger partial charge is 0.309 e. The van der Waals surface area contributed by atoms with Crippen LogP contribution in [0.25, 0.3) is 0 Å². The van der Waals surface area contributed by atoms with E-state index in [4.69, 9.17) is 0 Å². The first kappa shape index (κ1) is 16.8. The highest BCUT2D eigenvalue weighted by molar-refractivity contribution is 5.75. The van der Waals surface area contributed by atoms with E-state index in [2.05, 4.69) is 26.5 Å². The van der Waals surface area contributed by atoms with Gasteiger partial charge in [-0.3, -0.25) is 4.79 Å². The van der Waals surface area contributed by atoms with Gasteiger partial charge in [0.15, 0.2) is 0 Å². The quantitative estimate of drug-likeness (QED) is 0.751. The number of carbonyl (C=O) groups is 1. The molecule has 0 amide bonds. The molecule has 2 fully saturated rings. The molecule has 0 bridgehead atoms. The van der Waals surface area contributed by atoms with Crippen molar-refractivity contribution in [3.8, 4) is 0 Å². The molecule has 3 heteroatoms. The van der Waals surface area contributed by atoms with Gasteiger partial charge in [0.05, 0.1) is 11.5 Å². The van der Waals surface area contributed by atoms with Crippen LogP contribution in [0.2, 0.25) is 0 Å². The van der Waals surface area contributed by atoms with E-state index in [-0.39, 0.29) is 16.7 Å². The summed E-state index contributed by atoms with van der Waals surface area (Å²) in [7, 11) is 0. The van der Waals surface area contributed by atoms with Gasteiger partial charge in [-0.25, -0.2) is 0 Å². The molecule has 128 valence electrons. The topological polar surface area (TPSA) is 57.5 Å². The third kappa shape index (κ3) is 2.31. The fourth-order valence-electron chi connectivity index (χ4n) is 5.85. The number of rotatable bonds is 2. The number of aliphatic carboxylic acids is 1. The van der Waals surface area contributed by atoms with E-state index in [0.29, 0.717) is 12.3 Å². The second-order valence-electron chi connectivity index (χ2n) is 8.83. The van der Waals surface area contributed by atoms with E-state index >= 15 is 0 Å². The minimum Gasteiger partial charge on any atom is -0.481 e. The molecule has 0 heterocycles. The summed E-state index contributed by atoms with van der Waals surface area (Å²) in [4.78, 5) is 12.0. The molecule has 0 spiro atoms. The number of carboxylic acids is 1. The molecular formula is C20H30O3. The van der Waals surface area contributed by atoms with Crippen molar-refractivity contribution in [2.75, 3.05) is 0 Å². The standard InChI is InChI=1S/C20H30O3/c1-5-18(2)10-7-14-13(12-18)15(21)11-16-19(14,3)8-6-9-20(16,4)17(22)23/h5,12,14-16,21H,1,6-11H2,2-4H3,(H,22,23)/t14-,15-,16-,18-,19+,20+/m0/s1. The molecular weight excluding hydrogens is 288 g/mol. The van der Waals surface area contributed by atoms with Gasteiger partial charge < -0.3 is 10.2 Å². The van der Waals surface area contributed by atoms with Crippen molar-refractivity contribution in [1.29, 1.82) is 0 Å². The van der Waals surface area contributed by atoms with Crippen molar-refractivity contribution in [2.45, 2.75) is 65.4 Å². The van der Waals surface area contributed by atoms with Crippen LogP contribution in [-0.2, 0) is 4.79 Å². The molecule has 2 saturated carbocycles. The zero-order valence-corrected chi connectivity index (χ0v) is 14.6. The maximum Gasteiger partial charge on any atom is 0.309 e. The Morgan fingerprint density at radius 3 is 2.61 bits per heavy atom. The molecule has 0 aromatic carbocycles. The number of aliphatic hydroxyl groups excluding tert-OH is 1. The highest BCUT2D eigenvalue weighted by Gasteiger charge is 2.60. The first-order valence-electron chi connectivity index (χ1n) is 8.94. The Morgan fingerprint density at radius 1 is 1.30 bits per heavy atom. The van der Waals surface area contributed by atoms with Gasteiger partial charge in [-0.05, 0) is 61.9 Å². The second-order valence-corrected chi connectivity index (χ2v) is 8.83. The number of fused-ring (bicyclic) bond motifs is 3. The minimum absolute atomic E-state index is 0.0149. The zero-order chi connectivity index (χ0) is 17.0. The number of carboxylic acid groups (broad SMARTS) is 1. The molecule has 0 aromatic heterocycles. The molecule has 0 aromatic rings. The van der Waals surface area contributed by atoms with E-state index in [1.165, 1.54) is 0 Å². The van der Waals surface area contributed by atoms with Crippen LogP contribution in [0.5, 0.6) is 0 Å². The summed E-state index contributed by atoms with van der Waals surface area (Å²) in [5.41, 5.74) is 0.380. The molecule has 0 radical (unpaired) electrons. The number of allylic oxidation sites excluding steroid dienone is 2. The normalized spacial score (nSPS) is 49.6. The van der Waals surface area contributed by atoms with Crippen LogP contribution in [0.4, 0.5) is 0 Å². The monoisotopic (exact) mass is 318 g/mol. The lowest BCUT2D eigenvalue weighted by atomic mass is 9.44. The Morgan fingerprint density at radius 2 is 2.00 bits per heavy atom. The Kier molecular flexibility index (Phi) is 3.79. The largest absolute Gasteiger partial charge is 0.481 e. The summed E-state index contributed by atoms with van der Waals surface area (Å²) >= 11 is 0. The lowest BCUT2D eigenvalue weighted by molar-refractivity contribution is -0.168. The van der Waals surface area contributed by atoms with Crippen molar-refractivity contribution in [3.63, 3.8) is 0 Å². The van der Waals surface area contributed by atoms with E-state index < -0.39 is 17.5 Å². The van der Waals surface area contributed by atoms with Crippen molar-refractivity contribution in [2.24, 2.45) is 28.1 Å². The third-order valence-corrected chi connectivity index (χ3v) is 7.44. The van der Waals surface area contributed by atoms with Crippen molar-refractivity contribution in [3.05, 3.63) is 24.3 Å². The Labute approximate surface area is 139 Å². The third-order valence-electron chi connectivity index (χ3n) is 7.44. The summed E-state index contributed by atoms with van der Waals surface area (Å²) in [6.45, 7) is 10.3. The van der Waals surface area contributed by atoms with Crippen LogP contribution in [0, 0.1) is 28.1 Å². The van der Waals surface area contributed by atoms with E-state index in [1.54, 1.807) is 0 Å². The number of aliphatic hydroxyl groups is 1. The second kappa shape index (κ2) is 5.20. The van der Waals surface area contributed by atoms with Gasteiger partial charge in [-0.15, -0.1) is 6.58 Å². The molecule has 23 heavy (non-hydrogen) atoms. The number of hydrogen-bond donors (Lipinski definition) is 2. The summed E-state index contributed by atoms with van der Waals surface area (Å²) in [6, 6.07) is 0. The Balaban J connectivity index is 2.05. The Bertz CT molecular complexity index is 565. The highest BCUT2D eigenvalue weighted by Crippen LogP contribution is 2.63. The minimum atomic E-state index is -0.710. The van der Waals surface area contributed by atoms with Crippen molar-refractivity contribution < 1.29 is 15.0 Å². The number of hydrogen-bond acceptors (Lipinski definition) is 2. The van der Waals surface area contributed by atoms with Gasteiger partial charge in [0.1, 0.15) is 0 Å². The summed E-state index contributed by atoms with van der Waals surface area (Å²) in [5, 5.41) is 20.6. The summed E-state index contributed by atoms with van der Waals surface area (Å²) < 4.78 is 0. The first-order chi connectivity index (χ1) is 10.7. The molecule has 3 nitrogen and oxygen atoms in total. The fraction of sp³-hybridized carbons (Fsp3) is 0.750. The maximum atomic E-state index is 12.0. The van der Waals surface area contributed by atoms with Crippen LogP contribution in [0.15, 0.2) is 24.3 Å². The van der Waals surface area contributed by atoms with Gasteiger partial charge in [0.2, 0.25) is 0 Å². The van der Waals surface area contributed by atoms with E-state index in [1.807, 2.05) is 13.0 Å². The van der Waals surface area contributed by atoms with Crippen molar-refractivity contribution >= 4 is 5.97 Å². The molecule has 2 N–H and O–H groups in total. The van der Waals surface area contributed by atoms with Gasteiger partial charge in [0.25, 0.3) is 0 Å². The molecule has 3 aliphatic carbocycles. The average Bonchev–Trinajstić information content (AvgIpc) is 2.50. The van der Waals surface area contributed by atoms with Crippen LogP contribution in [-0.4, -0.2) is 22.3 Å². The molecule has 0 saturated heterocycles. The van der Waals surface area contributed by atoms with Crippen molar-refractivity contribution in [1.82, 2.24) is 0 Å². The van der Waals surface area contributed by atoms with Gasteiger partial charge >= 0.3 is 5.97 Å². The lowest BCUT2D eigenvalue weighted by Crippen LogP contribution is -2.57. The highest BCUT2D eigenvalue weighted by atomic mass is 16.4. The van der Waals surface area contributed by atoms with Gasteiger partial charge in [0, 0.05) is 5.41 Å². The van der Waals surface area contributed by atoms with E-state index in [0.717, 1.165) is 37.7 Å². The zero-order valence-electron chi connectivity index (χ0n) is 14.6.